The molecule has 0 amide bonds. The largest absolute Gasteiger partial charge is 0.480 e. The molecular formula is C23H27ClI5N4O4-. The minimum Gasteiger partial charge on any atom is -0.480 e. The molecule has 0 aliphatic heterocycles. The van der Waals surface area contributed by atoms with Crippen molar-refractivity contribution >= 4 is 121 Å². The summed E-state index contributed by atoms with van der Waals surface area (Å²) in [6, 6.07) is 14.2. The van der Waals surface area contributed by atoms with Crippen molar-refractivity contribution in [3.63, 3.8) is 0 Å². The minimum absolute atomic E-state index is 0. The number of H-pyrrole nitrogens is 2. The van der Waals surface area contributed by atoms with Gasteiger partial charge in [-0.25, -0.2) is 0 Å². The first-order valence-electron chi connectivity index (χ1n) is 10.2. The van der Waals surface area contributed by atoms with Crippen LogP contribution in [0.25, 0.3) is 21.8 Å². The Morgan fingerprint density at radius 3 is 1.65 bits per heavy atom. The third-order valence-electron chi connectivity index (χ3n) is 5.05. The number of hydrogen-bond acceptors (Lipinski definition) is 5. The van der Waals surface area contributed by atoms with Crippen molar-refractivity contribution in [3.05, 3.63) is 72.1 Å². The second-order valence-electron chi connectivity index (χ2n) is 7.26. The maximum absolute atomic E-state index is 11.2. The van der Waals surface area contributed by atoms with Gasteiger partial charge in [0.15, 0.2) is 0 Å². The number of esters is 1. The zero-order chi connectivity index (χ0) is 27.1. The molecule has 14 heteroatoms. The molecular weight excluding hydrogens is 1070 g/mol. The van der Waals surface area contributed by atoms with Crippen molar-refractivity contribution in [1.82, 2.24) is 9.97 Å². The summed E-state index contributed by atoms with van der Waals surface area (Å²) >= 11 is 9.54. The Kier molecular flexibility index (Phi) is 21.3. The topological polar surface area (TPSA) is 147 Å². The molecule has 0 spiro atoms. The van der Waals surface area contributed by atoms with Gasteiger partial charge in [-0.2, -0.15) is 0 Å². The summed E-state index contributed by atoms with van der Waals surface area (Å²) < 4.78 is 4.60. The molecule has 2 heterocycles. The number of para-hydroxylation sites is 2. The van der Waals surface area contributed by atoms with Gasteiger partial charge in [0.1, 0.15) is 12.1 Å². The van der Waals surface area contributed by atoms with Gasteiger partial charge in [0.25, 0.3) is 0 Å². The van der Waals surface area contributed by atoms with E-state index in [1.54, 1.807) is 0 Å². The second-order valence-corrected chi connectivity index (χ2v) is 23.5. The normalized spacial score (nSPS) is 11.4. The van der Waals surface area contributed by atoms with Gasteiger partial charge in [-0.05, 0) is 23.3 Å². The van der Waals surface area contributed by atoms with E-state index in [0.717, 1.165) is 32.9 Å². The van der Waals surface area contributed by atoms with E-state index in [0.29, 0.717) is 26.1 Å². The van der Waals surface area contributed by atoms with Crippen molar-refractivity contribution in [3.8, 4) is 0 Å². The molecule has 206 valence electrons. The Balaban J connectivity index is 0.000000585. The molecule has 8 nitrogen and oxygen atoms in total. The Hall–Kier alpha value is 0.320. The summed E-state index contributed by atoms with van der Waals surface area (Å²) in [5, 5.41) is 10.9. The fourth-order valence-electron chi connectivity index (χ4n) is 3.40. The summed E-state index contributed by atoms with van der Waals surface area (Å²) in [6.07, 6.45) is 4.52. The molecule has 37 heavy (non-hydrogen) atoms. The van der Waals surface area contributed by atoms with Crippen LogP contribution in [0.5, 0.6) is 0 Å². The molecule has 7 N–H and O–H groups in total. The van der Waals surface area contributed by atoms with Gasteiger partial charge in [0.2, 0.25) is 0 Å². The smallest absolute Gasteiger partial charge is 0.320 e. The number of rotatable bonds is 6. The van der Waals surface area contributed by atoms with E-state index in [4.69, 9.17) is 16.6 Å². The molecule has 0 fully saturated rings. The Morgan fingerprint density at radius 2 is 1.27 bits per heavy atom. The van der Waals surface area contributed by atoms with E-state index in [1.807, 2.05) is 60.9 Å². The summed E-state index contributed by atoms with van der Waals surface area (Å²) in [5.74, 6) is -1.36. The van der Waals surface area contributed by atoms with Crippen molar-refractivity contribution < 1.29 is 32.7 Å². The third kappa shape index (κ3) is 12.6. The van der Waals surface area contributed by atoms with Gasteiger partial charge in [-0.15, -0.1) is 12.4 Å². The number of carboxylic acids is 1. The fraction of sp³-hybridized carbons (Fsp3) is 0.217. The first-order valence-corrected chi connectivity index (χ1v) is 29.1. The van der Waals surface area contributed by atoms with Crippen LogP contribution >= 0.6 is 86.9 Å². The number of nitrogens with two attached hydrogens (primary N) is 2. The van der Waals surface area contributed by atoms with Crippen LogP contribution in [0.2, 0.25) is 0 Å². The Labute approximate surface area is 274 Å². The summed E-state index contributed by atoms with van der Waals surface area (Å²) in [6.45, 7) is 0. The molecule has 2 aromatic carbocycles. The van der Waals surface area contributed by atoms with Crippen LogP contribution in [0.3, 0.4) is 0 Å². The van der Waals surface area contributed by atoms with E-state index in [-0.39, 0.29) is 18.4 Å². The minimum atomic E-state index is -0.972. The molecule has 0 aliphatic rings. The number of ether oxygens (including phenoxy) is 1. The molecule has 0 saturated heterocycles. The summed E-state index contributed by atoms with van der Waals surface area (Å²) in [7, 11) is 1.34. The Morgan fingerprint density at radius 1 is 0.892 bits per heavy atom. The number of fused-ring (bicyclic) bond motifs is 2. The van der Waals surface area contributed by atoms with E-state index in [2.05, 4.69) is 89.2 Å². The standard InChI is InChI=1S/C12H14N2O2.C11H12N2O2.ClH.I3.I2/c1-16-12(15)10(13)6-8-7-14-11-5-3-2-4-9(8)11;12-9(11(14)15)5-7-6-13-10-4-2-1-3-8(7)10;;1-3-2;1-2/h2-5,7,10,14H,6,13H2,1H3;1-4,6,9,13H,5,12H2,(H,14,15);1H;;/q;;;-1;/t10-;9-;;;/m11.../s1. The molecule has 0 unspecified atom stereocenters. The van der Waals surface area contributed by atoms with Crippen LogP contribution in [-0.4, -0.2) is 46.2 Å². The van der Waals surface area contributed by atoms with Crippen LogP contribution in [0, 0.1) is 0 Å². The van der Waals surface area contributed by atoms with Crippen LogP contribution in [0.4, 0.5) is 0 Å². The zero-order valence-corrected chi connectivity index (χ0v) is 31.1. The van der Waals surface area contributed by atoms with Gasteiger partial charge in [0, 0.05) is 84.3 Å². The van der Waals surface area contributed by atoms with E-state index >= 15 is 0 Å². The molecule has 2 aromatic heterocycles. The Bertz CT molecular complexity index is 1220. The van der Waals surface area contributed by atoms with Gasteiger partial charge >= 0.3 is 62.4 Å². The number of carbonyl (C=O) groups is 2. The molecule has 0 saturated carbocycles. The van der Waals surface area contributed by atoms with Crippen molar-refractivity contribution in [2.75, 3.05) is 7.11 Å². The number of aromatic amines is 2. The van der Waals surface area contributed by atoms with Crippen molar-refractivity contribution in [2.24, 2.45) is 11.5 Å². The maximum Gasteiger partial charge on any atom is 0.320 e. The predicted octanol–water partition coefficient (Wildman–Crippen LogP) is 3.30. The molecule has 4 aromatic rings. The molecule has 0 radical (unpaired) electrons. The molecule has 0 bridgehead atoms. The summed E-state index contributed by atoms with van der Waals surface area (Å²) in [4.78, 5) is 28.1. The summed E-state index contributed by atoms with van der Waals surface area (Å²) in [5.41, 5.74) is 15.2. The fourth-order valence-corrected chi connectivity index (χ4v) is 3.40. The molecule has 4 rings (SSSR count). The second kappa shape index (κ2) is 21.1. The monoisotopic (exact) mass is 1090 g/mol. The van der Waals surface area contributed by atoms with Crippen molar-refractivity contribution in [2.45, 2.75) is 24.9 Å². The average molecular weight is 1090 g/mol. The van der Waals surface area contributed by atoms with Crippen LogP contribution in [0.15, 0.2) is 60.9 Å². The number of nitrogens with one attached hydrogen (secondary N) is 2. The number of carboxylic acid groups (broad SMARTS) is 1. The molecule has 0 aliphatic carbocycles. The SMILES string of the molecule is COC(=O)[C@H](N)Cc1c[nH]c2ccccc12.Cl.II.I[I-]I.N[C@H](Cc1c[nH]c2ccccc12)C(=O)O. The zero-order valence-electron chi connectivity index (χ0n) is 19.5. The number of methoxy groups -OCH3 is 1. The van der Waals surface area contributed by atoms with Gasteiger partial charge in [0.05, 0.1) is 7.11 Å². The first-order chi connectivity index (χ1) is 17.3. The number of hydrogen-bond donors (Lipinski definition) is 5. The third-order valence-corrected chi connectivity index (χ3v) is 5.05. The van der Waals surface area contributed by atoms with Crippen LogP contribution in [-0.2, 0) is 27.2 Å². The van der Waals surface area contributed by atoms with Crippen LogP contribution < -0.4 is 24.7 Å². The van der Waals surface area contributed by atoms with Crippen molar-refractivity contribution in [1.29, 1.82) is 0 Å². The van der Waals surface area contributed by atoms with Gasteiger partial charge in [-0.1, -0.05) is 36.4 Å². The number of carbonyl (C=O) groups excluding carboxylic acids is 1. The number of benzene rings is 2. The average Bonchev–Trinajstić information content (AvgIpc) is 3.50. The number of halogens is 6. The van der Waals surface area contributed by atoms with Crippen LogP contribution in [0.1, 0.15) is 11.1 Å². The van der Waals surface area contributed by atoms with E-state index in [9.17, 15) is 9.59 Å². The van der Waals surface area contributed by atoms with Gasteiger partial charge < -0.3 is 31.3 Å². The first kappa shape index (κ1) is 37.3. The number of aliphatic carboxylic acids is 1. The predicted molar refractivity (Wildman–Crippen MR) is 183 cm³/mol. The van der Waals surface area contributed by atoms with Gasteiger partial charge in [-0.3, -0.25) is 9.59 Å². The quantitative estimate of drug-likeness (QED) is 0.148. The maximum atomic E-state index is 11.2. The number of aromatic nitrogens is 2. The molecule has 2 atom stereocenters. The van der Waals surface area contributed by atoms with E-state index < -0.39 is 18.1 Å². The van der Waals surface area contributed by atoms with E-state index in [1.165, 1.54) is 7.11 Å².